The van der Waals surface area contributed by atoms with Gasteiger partial charge >= 0.3 is 6.41 Å². The molecule has 0 bridgehead atoms. The number of carbonyl (C=O) groups excluding carboxylic acids is 1. The van der Waals surface area contributed by atoms with Crippen LogP contribution < -0.4 is 5.84 Å². The molecule has 3 nitrogen and oxygen atoms in total. The van der Waals surface area contributed by atoms with E-state index in [0.717, 1.165) is 11.4 Å². The molecule has 0 aromatic rings. The fraction of sp³-hybridized carbons (Fsp3) is 0.909. The van der Waals surface area contributed by atoms with Gasteiger partial charge < -0.3 is 0 Å². The molecule has 1 amide bonds. The van der Waals surface area contributed by atoms with Crippen LogP contribution in [0.25, 0.3) is 0 Å². The number of unbranched alkanes of at least 4 members (excludes halogenated alkanes) is 7. The molecule has 0 unspecified atom stereocenters. The number of rotatable bonds is 10. The number of hydrazine groups is 1. The molecule has 0 aliphatic heterocycles. The first-order valence-electron chi connectivity index (χ1n) is 5.71. The summed E-state index contributed by atoms with van der Waals surface area (Å²) in [7, 11) is 0. The smallest absolute Gasteiger partial charge is 0.272 e. The molecule has 3 heteroatoms. The van der Waals surface area contributed by atoms with E-state index in [4.69, 9.17) is 5.84 Å². The second-order valence-electron chi connectivity index (χ2n) is 3.76. The third-order valence-electron chi connectivity index (χ3n) is 2.37. The summed E-state index contributed by atoms with van der Waals surface area (Å²) >= 11 is 0. The highest BCUT2D eigenvalue weighted by atomic mass is 16.1. The minimum atomic E-state index is 0.637. The zero-order chi connectivity index (χ0) is 10.6. The molecule has 0 aliphatic carbocycles. The van der Waals surface area contributed by atoms with Gasteiger partial charge in [0.2, 0.25) is 0 Å². The van der Waals surface area contributed by atoms with Gasteiger partial charge in [0, 0.05) is 6.54 Å². The van der Waals surface area contributed by atoms with Crippen molar-refractivity contribution in [3.05, 3.63) is 0 Å². The van der Waals surface area contributed by atoms with E-state index in [0.29, 0.717) is 6.54 Å². The van der Waals surface area contributed by atoms with Crippen LogP contribution in [-0.2, 0) is 4.79 Å². The first-order valence-corrected chi connectivity index (χ1v) is 5.71. The molecular weight excluding hydrogens is 176 g/mol. The number of hydrogen-bond donors (Lipinski definition) is 1. The van der Waals surface area contributed by atoms with Crippen LogP contribution >= 0.6 is 0 Å². The van der Waals surface area contributed by atoms with Crippen LogP contribution in [0.2, 0.25) is 0 Å². The minimum Gasteiger partial charge on any atom is -0.272 e. The van der Waals surface area contributed by atoms with E-state index in [1.165, 1.54) is 44.9 Å². The molecular formula is C11H23N2O. The number of nitrogens with zero attached hydrogens (tertiary/aromatic N) is 1. The Labute approximate surface area is 87.6 Å². The molecule has 0 aliphatic rings. The maximum atomic E-state index is 10.0. The van der Waals surface area contributed by atoms with E-state index in [-0.39, 0.29) is 0 Å². The molecule has 0 rings (SSSR count). The predicted molar refractivity (Wildman–Crippen MR) is 59.2 cm³/mol. The lowest BCUT2D eigenvalue weighted by Gasteiger charge is -2.07. The van der Waals surface area contributed by atoms with Crippen molar-refractivity contribution >= 4 is 6.41 Å². The highest BCUT2D eigenvalue weighted by molar-refractivity contribution is 5.46. The fourth-order valence-electron chi connectivity index (χ4n) is 1.46. The van der Waals surface area contributed by atoms with Crippen LogP contribution in [0.3, 0.4) is 0 Å². The van der Waals surface area contributed by atoms with Gasteiger partial charge in [-0.3, -0.25) is 9.80 Å². The van der Waals surface area contributed by atoms with Crippen LogP contribution in [0.5, 0.6) is 0 Å². The van der Waals surface area contributed by atoms with Gasteiger partial charge in [0.05, 0.1) is 0 Å². The van der Waals surface area contributed by atoms with E-state index in [1.54, 1.807) is 6.41 Å². The van der Waals surface area contributed by atoms with Gasteiger partial charge in [0.25, 0.3) is 0 Å². The zero-order valence-electron chi connectivity index (χ0n) is 9.30. The maximum Gasteiger partial charge on any atom is 0.327 e. The van der Waals surface area contributed by atoms with Crippen molar-refractivity contribution < 1.29 is 4.79 Å². The third-order valence-corrected chi connectivity index (χ3v) is 2.37. The van der Waals surface area contributed by atoms with Gasteiger partial charge in [0.15, 0.2) is 0 Å². The van der Waals surface area contributed by atoms with Crippen LogP contribution in [0, 0.1) is 0 Å². The molecule has 0 heterocycles. The van der Waals surface area contributed by atoms with Gasteiger partial charge in [-0.2, -0.15) is 0 Å². The van der Waals surface area contributed by atoms with Gasteiger partial charge in [-0.05, 0) is 6.42 Å². The largest absolute Gasteiger partial charge is 0.327 e. The zero-order valence-corrected chi connectivity index (χ0v) is 9.30. The van der Waals surface area contributed by atoms with Crippen molar-refractivity contribution in [2.24, 2.45) is 5.84 Å². The molecule has 0 aromatic carbocycles. The lowest BCUT2D eigenvalue weighted by atomic mass is 10.1. The summed E-state index contributed by atoms with van der Waals surface area (Å²) < 4.78 is 0. The lowest BCUT2D eigenvalue weighted by Crippen LogP contribution is -2.30. The van der Waals surface area contributed by atoms with Crippen LogP contribution in [0.15, 0.2) is 0 Å². The van der Waals surface area contributed by atoms with E-state index in [1.807, 2.05) is 0 Å². The van der Waals surface area contributed by atoms with Gasteiger partial charge in [0.1, 0.15) is 0 Å². The lowest BCUT2D eigenvalue weighted by molar-refractivity contribution is 0.379. The van der Waals surface area contributed by atoms with E-state index in [9.17, 15) is 4.79 Å². The van der Waals surface area contributed by atoms with Gasteiger partial charge in [-0.25, -0.2) is 5.84 Å². The molecule has 14 heavy (non-hydrogen) atoms. The molecule has 0 saturated heterocycles. The maximum absolute atomic E-state index is 10.0. The van der Waals surface area contributed by atoms with Gasteiger partial charge in [-0.1, -0.05) is 51.9 Å². The SMILES string of the molecule is CCCCCCCCCCN(N)[C]=O. The third kappa shape index (κ3) is 9.52. The van der Waals surface area contributed by atoms with Crippen molar-refractivity contribution in [1.82, 2.24) is 5.01 Å². The molecule has 0 atom stereocenters. The van der Waals surface area contributed by atoms with Crippen LogP contribution in [0.1, 0.15) is 58.3 Å². The molecule has 0 fully saturated rings. The molecule has 0 spiro atoms. The second kappa shape index (κ2) is 10.5. The quantitative estimate of drug-likeness (QED) is 0.193. The van der Waals surface area contributed by atoms with E-state index >= 15 is 0 Å². The predicted octanol–water partition coefficient (Wildman–Crippen LogP) is 2.37. The van der Waals surface area contributed by atoms with E-state index in [2.05, 4.69) is 6.92 Å². The van der Waals surface area contributed by atoms with Crippen molar-refractivity contribution in [2.75, 3.05) is 6.54 Å². The number of amides is 1. The summed E-state index contributed by atoms with van der Waals surface area (Å²) in [6, 6.07) is 0. The Balaban J connectivity index is 2.95. The average Bonchev–Trinajstić information content (AvgIpc) is 2.21. The summed E-state index contributed by atoms with van der Waals surface area (Å²) in [6.45, 7) is 2.87. The summed E-state index contributed by atoms with van der Waals surface area (Å²) in [4.78, 5) is 10.0. The molecule has 0 aromatic heterocycles. The molecule has 1 radical (unpaired) electrons. The Morgan fingerprint density at radius 2 is 1.50 bits per heavy atom. The van der Waals surface area contributed by atoms with Crippen molar-refractivity contribution in [2.45, 2.75) is 58.3 Å². The number of hydrogen-bond acceptors (Lipinski definition) is 2. The van der Waals surface area contributed by atoms with E-state index < -0.39 is 0 Å². The Morgan fingerprint density at radius 3 is 2.00 bits per heavy atom. The summed E-state index contributed by atoms with van der Waals surface area (Å²) in [5, 5.41) is 1.09. The first-order chi connectivity index (χ1) is 6.81. The van der Waals surface area contributed by atoms with Crippen LogP contribution in [0.4, 0.5) is 0 Å². The number of nitrogens with two attached hydrogens (primary N) is 1. The standard InChI is InChI=1S/C11H23N2O/c1-2-3-4-5-6-7-8-9-10-13(12)11-14/h2-10,12H2,1H3. The summed E-state index contributed by atoms with van der Waals surface area (Å²) in [6.07, 6.45) is 11.8. The molecule has 83 valence electrons. The molecule has 2 N–H and O–H groups in total. The average molecular weight is 199 g/mol. The highest BCUT2D eigenvalue weighted by Gasteiger charge is 1.95. The van der Waals surface area contributed by atoms with Crippen molar-refractivity contribution in [3.63, 3.8) is 0 Å². The monoisotopic (exact) mass is 199 g/mol. The minimum absolute atomic E-state index is 0.637. The van der Waals surface area contributed by atoms with Crippen molar-refractivity contribution in [3.8, 4) is 0 Å². The Hall–Kier alpha value is -0.570. The normalized spacial score (nSPS) is 10.1. The Morgan fingerprint density at radius 1 is 1.00 bits per heavy atom. The summed E-state index contributed by atoms with van der Waals surface area (Å²) in [5.41, 5.74) is 0. The summed E-state index contributed by atoms with van der Waals surface area (Å²) in [5.74, 6) is 5.26. The first kappa shape index (κ1) is 13.4. The highest BCUT2D eigenvalue weighted by Crippen LogP contribution is 2.08. The van der Waals surface area contributed by atoms with Crippen molar-refractivity contribution in [1.29, 1.82) is 0 Å². The Kier molecular flexibility index (Phi) is 10.1. The Bertz CT molecular complexity index is 128. The topological polar surface area (TPSA) is 46.3 Å². The van der Waals surface area contributed by atoms with Gasteiger partial charge in [-0.15, -0.1) is 0 Å². The second-order valence-corrected chi connectivity index (χ2v) is 3.76. The fourth-order valence-corrected chi connectivity index (χ4v) is 1.46. The molecule has 0 saturated carbocycles. The van der Waals surface area contributed by atoms with Crippen LogP contribution in [-0.4, -0.2) is 18.0 Å².